The van der Waals surface area contributed by atoms with Gasteiger partial charge >= 0.3 is 5.97 Å². The van der Waals surface area contributed by atoms with Gasteiger partial charge in [-0.25, -0.2) is 4.79 Å². The molecule has 0 spiro atoms. The Labute approximate surface area is 160 Å². The van der Waals surface area contributed by atoms with Gasteiger partial charge in [0.25, 0.3) is 0 Å². The predicted molar refractivity (Wildman–Crippen MR) is 96.7 cm³/mol. The van der Waals surface area contributed by atoms with Crippen LogP contribution in [0.2, 0.25) is 0 Å². The van der Waals surface area contributed by atoms with E-state index in [0.717, 1.165) is 0 Å². The molecule has 0 aliphatic heterocycles. The number of aliphatic carboxylic acids is 1. The van der Waals surface area contributed by atoms with Gasteiger partial charge in [0.1, 0.15) is 6.04 Å². The van der Waals surface area contributed by atoms with Crippen LogP contribution in [-0.4, -0.2) is 90.1 Å². The van der Waals surface area contributed by atoms with Crippen molar-refractivity contribution in [2.24, 2.45) is 5.73 Å². The molecule has 0 aromatic rings. The minimum Gasteiger partial charge on any atom is -0.480 e. The highest BCUT2D eigenvalue weighted by Crippen LogP contribution is 1.98. The highest BCUT2D eigenvalue weighted by atomic mass is 32.2. The van der Waals surface area contributed by atoms with Gasteiger partial charge in [-0.2, -0.15) is 11.8 Å². The van der Waals surface area contributed by atoms with Gasteiger partial charge in [0.2, 0.25) is 23.6 Å². The quantitative estimate of drug-likeness (QED) is 0.159. The normalized spacial score (nSPS) is 12.4. The highest BCUT2D eigenvalue weighted by Gasteiger charge is 2.19. The first-order valence-electron chi connectivity index (χ1n) is 7.89. The number of hydrogen-bond acceptors (Lipinski definition) is 8. The number of amides is 4. The van der Waals surface area contributed by atoms with Gasteiger partial charge in [-0.3, -0.25) is 19.2 Å². The Morgan fingerprint density at radius 2 is 1.48 bits per heavy atom. The summed E-state index contributed by atoms with van der Waals surface area (Å²) in [7, 11) is 0. The summed E-state index contributed by atoms with van der Waals surface area (Å²) in [4.78, 5) is 56.8. The van der Waals surface area contributed by atoms with Crippen molar-refractivity contribution in [2.75, 3.05) is 38.2 Å². The van der Waals surface area contributed by atoms with E-state index in [2.05, 4.69) is 16.0 Å². The first-order valence-corrected chi connectivity index (χ1v) is 9.29. The molecule has 0 saturated carbocycles. The highest BCUT2D eigenvalue weighted by molar-refractivity contribution is 7.98. The molecule has 13 heteroatoms. The molecule has 0 bridgehead atoms. The van der Waals surface area contributed by atoms with Crippen molar-refractivity contribution in [3.63, 3.8) is 0 Å². The van der Waals surface area contributed by atoms with Crippen molar-refractivity contribution in [1.29, 1.82) is 0 Å². The predicted octanol–water partition coefficient (Wildman–Crippen LogP) is -4.02. The second-order valence-electron chi connectivity index (χ2n) is 5.30. The van der Waals surface area contributed by atoms with Crippen LogP contribution in [0.15, 0.2) is 0 Å². The standard InChI is InChI=1S/C14H25N5O7S/c1-27-3-2-8(15)13(24)18-5-11(22)16-4-10(21)17-6-12(23)19-9(7-20)14(25)26/h8-9,20H,2-7,15H2,1H3,(H,16,22)(H,17,21)(H,18,24)(H,19,23)(H,25,26)/t8-,9-/m0/s1. The molecule has 154 valence electrons. The average molecular weight is 407 g/mol. The fraction of sp³-hybridized carbons (Fsp3) is 0.643. The maximum atomic E-state index is 11.6. The third kappa shape index (κ3) is 11.8. The minimum absolute atomic E-state index is 0.351. The van der Waals surface area contributed by atoms with Crippen LogP contribution >= 0.6 is 11.8 Å². The summed E-state index contributed by atoms with van der Waals surface area (Å²) in [5.41, 5.74) is 5.63. The van der Waals surface area contributed by atoms with Crippen molar-refractivity contribution in [3.05, 3.63) is 0 Å². The zero-order valence-electron chi connectivity index (χ0n) is 14.8. The van der Waals surface area contributed by atoms with Crippen LogP contribution in [0.1, 0.15) is 6.42 Å². The van der Waals surface area contributed by atoms with Crippen LogP contribution < -0.4 is 27.0 Å². The molecule has 8 N–H and O–H groups in total. The summed E-state index contributed by atoms with van der Waals surface area (Å²) in [5, 5.41) is 26.2. The monoisotopic (exact) mass is 407 g/mol. The lowest BCUT2D eigenvalue weighted by Gasteiger charge is -2.13. The molecule has 0 saturated heterocycles. The second kappa shape index (κ2) is 13.8. The topological polar surface area (TPSA) is 200 Å². The maximum Gasteiger partial charge on any atom is 0.328 e. The third-order valence-electron chi connectivity index (χ3n) is 3.10. The zero-order valence-corrected chi connectivity index (χ0v) is 15.6. The number of carbonyl (C=O) groups is 5. The molecule has 0 heterocycles. The Morgan fingerprint density at radius 3 is 1.96 bits per heavy atom. The van der Waals surface area contributed by atoms with E-state index in [1.54, 1.807) is 11.8 Å². The summed E-state index contributed by atoms with van der Waals surface area (Å²) >= 11 is 1.54. The molecule has 12 nitrogen and oxygen atoms in total. The number of carbonyl (C=O) groups excluding carboxylic acids is 4. The molecule has 27 heavy (non-hydrogen) atoms. The summed E-state index contributed by atoms with van der Waals surface area (Å²) in [6.45, 7) is -2.11. The van der Waals surface area contributed by atoms with E-state index in [1.165, 1.54) is 0 Å². The molecule has 0 aromatic carbocycles. The molecule has 0 fully saturated rings. The largest absolute Gasteiger partial charge is 0.480 e. The lowest BCUT2D eigenvalue weighted by atomic mass is 10.2. The van der Waals surface area contributed by atoms with Crippen LogP contribution in [0.25, 0.3) is 0 Å². The van der Waals surface area contributed by atoms with E-state index in [0.29, 0.717) is 12.2 Å². The summed E-state index contributed by atoms with van der Waals surface area (Å²) in [6, 6.07) is -2.19. The average Bonchev–Trinajstić information content (AvgIpc) is 2.64. The molecular weight excluding hydrogens is 382 g/mol. The van der Waals surface area contributed by atoms with E-state index >= 15 is 0 Å². The minimum atomic E-state index is -1.47. The summed E-state index contributed by atoms with van der Waals surface area (Å²) < 4.78 is 0. The Balaban J connectivity index is 4.00. The molecule has 0 aromatic heterocycles. The van der Waals surface area contributed by atoms with E-state index in [-0.39, 0.29) is 6.54 Å². The second-order valence-corrected chi connectivity index (χ2v) is 6.29. The SMILES string of the molecule is CSCC[C@H](N)C(=O)NCC(=O)NCC(=O)NCC(=O)N[C@@H](CO)C(=O)O. The maximum absolute atomic E-state index is 11.6. The molecule has 0 radical (unpaired) electrons. The molecule has 0 unspecified atom stereocenters. The Morgan fingerprint density at radius 1 is 0.963 bits per heavy atom. The van der Waals surface area contributed by atoms with Crippen molar-refractivity contribution in [1.82, 2.24) is 21.3 Å². The fourth-order valence-corrected chi connectivity index (χ4v) is 2.08. The van der Waals surface area contributed by atoms with Gasteiger partial charge in [-0.05, 0) is 18.4 Å². The number of nitrogens with two attached hydrogens (primary N) is 1. The van der Waals surface area contributed by atoms with Gasteiger partial charge in [0.05, 0.1) is 32.3 Å². The Hall–Kier alpha value is -2.38. The van der Waals surface area contributed by atoms with Crippen molar-refractivity contribution < 1.29 is 34.2 Å². The summed E-state index contributed by atoms with van der Waals surface area (Å²) in [5.74, 6) is -3.32. The molecular formula is C14H25N5O7S. The fourth-order valence-electron chi connectivity index (χ4n) is 1.59. The number of rotatable bonds is 13. The van der Waals surface area contributed by atoms with Crippen LogP contribution in [-0.2, 0) is 24.0 Å². The van der Waals surface area contributed by atoms with Gasteiger partial charge < -0.3 is 37.2 Å². The lowest BCUT2D eigenvalue weighted by molar-refractivity contribution is -0.142. The van der Waals surface area contributed by atoms with E-state index in [1.807, 2.05) is 11.6 Å². The van der Waals surface area contributed by atoms with E-state index < -0.39 is 61.4 Å². The Kier molecular flexibility index (Phi) is 12.6. The van der Waals surface area contributed by atoms with Crippen LogP contribution in [0, 0.1) is 0 Å². The third-order valence-corrected chi connectivity index (χ3v) is 3.74. The first kappa shape index (κ1) is 24.6. The van der Waals surface area contributed by atoms with Crippen molar-refractivity contribution >= 4 is 41.4 Å². The van der Waals surface area contributed by atoms with Gasteiger partial charge in [0.15, 0.2) is 0 Å². The van der Waals surface area contributed by atoms with Gasteiger partial charge in [-0.15, -0.1) is 0 Å². The molecule has 0 aliphatic rings. The number of carboxylic acid groups (broad SMARTS) is 1. The van der Waals surface area contributed by atoms with Crippen LogP contribution in [0.5, 0.6) is 0 Å². The van der Waals surface area contributed by atoms with Crippen LogP contribution in [0.4, 0.5) is 0 Å². The number of carboxylic acids is 1. The van der Waals surface area contributed by atoms with Gasteiger partial charge in [-0.1, -0.05) is 0 Å². The molecule has 4 amide bonds. The number of nitrogens with one attached hydrogen (secondary N) is 4. The molecule has 2 atom stereocenters. The van der Waals surface area contributed by atoms with Crippen molar-refractivity contribution in [2.45, 2.75) is 18.5 Å². The zero-order chi connectivity index (χ0) is 20.8. The lowest BCUT2D eigenvalue weighted by Crippen LogP contribution is -2.49. The molecule has 0 aliphatic carbocycles. The van der Waals surface area contributed by atoms with Crippen LogP contribution in [0.3, 0.4) is 0 Å². The van der Waals surface area contributed by atoms with E-state index in [9.17, 15) is 24.0 Å². The number of hydrogen-bond donors (Lipinski definition) is 7. The van der Waals surface area contributed by atoms with E-state index in [4.69, 9.17) is 15.9 Å². The van der Waals surface area contributed by atoms with Gasteiger partial charge in [0, 0.05) is 0 Å². The first-order chi connectivity index (χ1) is 12.7. The number of aliphatic hydroxyl groups is 1. The Bertz CT molecular complexity index is 546. The smallest absolute Gasteiger partial charge is 0.328 e. The van der Waals surface area contributed by atoms with Crippen molar-refractivity contribution in [3.8, 4) is 0 Å². The summed E-state index contributed by atoms with van der Waals surface area (Å²) in [6.07, 6.45) is 2.35. The number of aliphatic hydroxyl groups excluding tert-OH is 1. The molecule has 0 rings (SSSR count). The number of thioether (sulfide) groups is 1.